The van der Waals surface area contributed by atoms with Crippen molar-refractivity contribution in [2.75, 3.05) is 0 Å². The Bertz CT molecular complexity index is 233. The minimum Gasteiger partial charge on any atom is -0.249 e. The van der Waals surface area contributed by atoms with Gasteiger partial charge in [0.2, 0.25) is 0 Å². The molecule has 2 nitrogen and oxygen atoms in total. The summed E-state index contributed by atoms with van der Waals surface area (Å²) >= 11 is 0. The van der Waals surface area contributed by atoms with Crippen LogP contribution >= 0.6 is 0 Å². The van der Waals surface area contributed by atoms with E-state index in [1.165, 1.54) is 0 Å². The second-order valence-corrected chi connectivity index (χ2v) is 1.95. The van der Waals surface area contributed by atoms with E-state index in [-0.39, 0.29) is 6.04 Å². The fourth-order valence-corrected chi connectivity index (χ4v) is 0.882. The maximum Gasteiger partial charge on any atom is 0.194 e. The van der Waals surface area contributed by atoms with Crippen LogP contribution in [-0.2, 0) is 0 Å². The van der Waals surface area contributed by atoms with E-state index in [0.717, 1.165) is 5.71 Å². The fraction of sp³-hybridized carbons (Fsp3) is 0.143. The second-order valence-electron chi connectivity index (χ2n) is 1.95. The standard InChI is InChI=1S/C7H5N2/c1-2-4-7-6(3-1)8-5-9-7/h1-4,6H. The first-order chi connectivity index (χ1) is 4.47. The first-order valence-corrected chi connectivity index (χ1v) is 2.84. The molecule has 0 fully saturated rings. The SMILES string of the molecule is [C]1=NC2C=CC=CC2=N1. The Morgan fingerprint density at radius 3 is 3.33 bits per heavy atom. The summed E-state index contributed by atoms with van der Waals surface area (Å²) in [5, 5.41) is 0. The molecule has 0 aromatic rings. The van der Waals surface area contributed by atoms with Gasteiger partial charge in [-0.25, -0.2) is 9.98 Å². The van der Waals surface area contributed by atoms with Gasteiger partial charge in [-0.1, -0.05) is 18.2 Å². The second kappa shape index (κ2) is 1.65. The predicted molar refractivity (Wildman–Crippen MR) is 36.9 cm³/mol. The van der Waals surface area contributed by atoms with Crippen molar-refractivity contribution in [2.24, 2.45) is 9.98 Å². The van der Waals surface area contributed by atoms with Crippen molar-refractivity contribution in [2.45, 2.75) is 6.04 Å². The third-order valence-corrected chi connectivity index (χ3v) is 1.35. The molecule has 0 saturated carbocycles. The highest BCUT2D eigenvalue weighted by Crippen LogP contribution is 2.08. The Morgan fingerprint density at radius 1 is 1.44 bits per heavy atom. The average molecular weight is 117 g/mol. The molecular weight excluding hydrogens is 112 g/mol. The van der Waals surface area contributed by atoms with Gasteiger partial charge in [0.25, 0.3) is 0 Å². The lowest BCUT2D eigenvalue weighted by Crippen LogP contribution is -2.11. The first-order valence-electron chi connectivity index (χ1n) is 2.84. The van der Waals surface area contributed by atoms with Gasteiger partial charge in [-0.05, 0) is 6.08 Å². The Hall–Kier alpha value is -1.18. The number of allylic oxidation sites excluding steroid dienone is 2. The molecule has 1 heterocycles. The van der Waals surface area contributed by atoms with Crippen molar-refractivity contribution < 1.29 is 0 Å². The van der Waals surface area contributed by atoms with E-state index in [4.69, 9.17) is 0 Å². The first kappa shape index (κ1) is 4.68. The van der Waals surface area contributed by atoms with E-state index in [1.807, 2.05) is 24.3 Å². The van der Waals surface area contributed by atoms with Gasteiger partial charge in [-0.15, -0.1) is 0 Å². The Kier molecular flexibility index (Phi) is 0.859. The van der Waals surface area contributed by atoms with E-state index < -0.39 is 0 Å². The van der Waals surface area contributed by atoms with Crippen molar-refractivity contribution in [3.8, 4) is 0 Å². The summed E-state index contributed by atoms with van der Waals surface area (Å²) in [5.41, 5.74) is 0.998. The molecule has 0 N–H and O–H groups in total. The molecule has 0 amide bonds. The fourth-order valence-electron chi connectivity index (χ4n) is 0.882. The molecule has 2 rings (SSSR count). The maximum absolute atomic E-state index is 3.97. The average Bonchev–Trinajstić information content (AvgIpc) is 2.33. The van der Waals surface area contributed by atoms with E-state index in [2.05, 4.69) is 16.3 Å². The molecule has 0 aromatic carbocycles. The van der Waals surface area contributed by atoms with E-state index in [0.29, 0.717) is 0 Å². The molecule has 0 spiro atoms. The largest absolute Gasteiger partial charge is 0.249 e. The normalized spacial score (nSPS) is 28.4. The summed E-state index contributed by atoms with van der Waals surface area (Å²) < 4.78 is 0. The Balaban J connectivity index is 2.40. The monoisotopic (exact) mass is 117 g/mol. The van der Waals surface area contributed by atoms with Crippen molar-refractivity contribution in [3.05, 3.63) is 24.3 Å². The van der Waals surface area contributed by atoms with Crippen molar-refractivity contribution >= 4 is 12.1 Å². The van der Waals surface area contributed by atoms with E-state index >= 15 is 0 Å². The third-order valence-electron chi connectivity index (χ3n) is 1.35. The van der Waals surface area contributed by atoms with Crippen LogP contribution < -0.4 is 0 Å². The van der Waals surface area contributed by atoms with E-state index in [9.17, 15) is 0 Å². The minimum absolute atomic E-state index is 0.162. The summed E-state index contributed by atoms with van der Waals surface area (Å²) in [5.74, 6) is 0. The Morgan fingerprint density at radius 2 is 2.44 bits per heavy atom. The van der Waals surface area contributed by atoms with Crippen LogP contribution in [-0.4, -0.2) is 18.1 Å². The topological polar surface area (TPSA) is 24.7 Å². The molecule has 9 heavy (non-hydrogen) atoms. The molecule has 2 aliphatic rings. The van der Waals surface area contributed by atoms with E-state index in [1.54, 1.807) is 0 Å². The zero-order valence-electron chi connectivity index (χ0n) is 4.78. The summed E-state index contributed by atoms with van der Waals surface area (Å²) in [6, 6.07) is 0.162. The predicted octanol–water partition coefficient (Wildman–Crippen LogP) is 0.841. The molecule has 43 valence electrons. The smallest absolute Gasteiger partial charge is 0.194 e. The molecule has 1 atom stereocenters. The molecule has 2 heteroatoms. The summed E-state index contributed by atoms with van der Waals surface area (Å²) in [6.07, 6.45) is 10.5. The summed E-state index contributed by atoms with van der Waals surface area (Å²) in [6.45, 7) is 0. The maximum atomic E-state index is 3.97. The zero-order valence-corrected chi connectivity index (χ0v) is 4.78. The third kappa shape index (κ3) is 0.633. The van der Waals surface area contributed by atoms with Crippen LogP contribution in [0.1, 0.15) is 0 Å². The number of aliphatic imine (C=N–C) groups is 2. The van der Waals surface area contributed by atoms with Gasteiger partial charge in [-0.2, -0.15) is 0 Å². The highest BCUT2D eigenvalue weighted by atomic mass is 15.0. The van der Waals surface area contributed by atoms with Crippen LogP contribution in [0.4, 0.5) is 0 Å². The quantitative estimate of drug-likeness (QED) is 0.449. The Labute approximate surface area is 53.3 Å². The lowest BCUT2D eigenvalue weighted by atomic mass is 10.1. The number of rotatable bonds is 0. The molecule has 1 unspecified atom stereocenters. The summed E-state index contributed by atoms with van der Waals surface area (Å²) in [4.78, 5) is 7.89. The number of hydrogen-bond donors (Lipinski definition) is 0. The van der Waals surface area contributed by atoms with Crippen LogP contribution in [0.15, 0.2) is 34.3 Å². The van der Waals surface area contributed by atoms with Crippen molar-refractivity contribution in [1.29, 1.82) is 0 Å². The van der Waals surface area contributed by atoms with Gasteiger partial charge in [-0.3, -0.25) is 0 Å². The van der Waals surface area contributed by atoms with Crippen LogP contribution in [0.25, 0.3) is 0 Å². The van der Waals surface area contributed by atoms with Crippen molar-refractivity contribution in [3.63, 3.8) is 0 Å². The van der Waals surface area contributed by atoms with Gasteiger partial charge in [0.1, 0.15) is 6.04 Å². The summed E-state index contributed by atoms with van der Waals surface area (Å²) in [7, 11) is 0. The molecule has 1 aliphatic carbocycles. The van der Waals surface area contributed by atoms with Gasteiger partial charge in [0.15, 0.2) is 6.34 Å². The van der Waals surface area contributed by atoms with Crippen molar-refractivity contribution in [1.82, 2.24) is 0 Å². The lowest BCUT2D eigenvalue weighted by Gasteiger charge is -2.02. The van der Waals surface area contributed by atoms with Gasteiger partial charge >= 0.3 is 0 Å². The number of nitrogens with zero attached hydrogens (tertiary/aromatic N) is 2. The van der Waals surface area contributed by atoms with Crippen LogP contribution in [0.5, 0.6) is 0 Å². The highest BCUT2D eigenvalue weighted by Gasteiger charge is 2.13. The molecule has 0 saturated heterocycles. The van der Waals surface area contributed by atoms with Crippen LogP contribution in [0, 0.1) is 0 Å². The molecular formula is C7H5N2. The minimum atomic E-state index is 0.162. The van der Waals surface area contributed by atoms with Gasteiger partial charge in [0, 0.05) is 0 Å². The van der Waals surface area contributed by atoms with Gasteiger partial charge < -0.3 is 0 Å². The number of hydrogen-bond acceptors (Lipinski definition) is 2. The van der Waals surface area contributed by atoms with Crippen LogP contribution in [0.2, 0.25) is 0 Å². The molecule has 0 bridgehead atoms. The van der Waals surface area contributed by atoms with Crippen LogP contribution in [0.3, 0.4) is 0 Å². The molecule has 0 aromatic heterocycles. The highest BCUT2D eigenvalue weighted by molar-refractivity contribution is 6.08. The molecule has 1 aliphatic heterocycles. The lowest BCUT2D eigenvalue weighted by molar-refractivity contribution is 1.11. The number of fused-ring (bicyclic) bond motifs is 1. The zero-order chi connectivity index (χ0) is 6.10. The molecule has 1 radical (unpaired) electrons. The van der Waals surface area contributed by atoms with Gasteiger partial charge in [0.05, 0.1) is 5.71 Å².